The van der Waals surface area contributed by atoms with Crippen LogP contribution in [0.3, 0.4) is 0 Å². The summed E-state index contributed by atoms with van der Waals surface area (Å²) in [6.45, 7) is 1.98. The fraction of sp³-hybridized carbons (Fsp3) is 0.167. The molecule has 2 aromatic rings. The Morgan fingerprint density at radius 2 is 1.82 bits per heavy atom. The molecule has 0 bridgehead atoms. The van der Waals surface area contributed by atoms with Crippen LogP contribution in [-0.2, 0) is 0 Å². The molecule has 2 N–H and O–H groups in total. The van der Waals surface area contributed by atoms with E-state index in [9.17, 15) is 0 Å². The van der Waals surface area contributed by atoms with Crippen LogP contribution < -0.4 is 15.2 Å². The molecule has 1 heterocycles. The molecule has 0 atom stereocenters. The van der Waals surface area contributed by atoms with Crippen molar-refractivity contribution in [2.75, 3.05) is 12.8 Å². The zero-order valence-electron chi connectivity index (χ0n) is 9.68. The van der Waals surface area contributed by atoms with E-state index >= 15 is 0 Å². The lowest BCUT2D eigenvalue weighted by Crippen LogP contribution is -1.96. The number of hydrogen-bond acceptors (Lipinski definition) is 5. The Bertz CT molecular complexity index is 512. The standard InChI is InChI=1S/C12H13N3O2/c1-8-3-4-10(11(5-8)16-2)17-12-14-6-9(13)7-15-12/h3-7H,13H2,1-2H3. The second kappa shape index (κ2) is 4.69. The second-order valence-corrected chi connectivity index (χ2v) is 3.56. The van der Waals surface area contributed by atoms with Crippen molar-refractivity contribution in [2.45, 2.75) is 6.92 Å². The Morgan fingerprint density at radius 3 is 2.47 bits per heavy atom. The van der Waals surface area contributed by atoms with Crippen molar-refractivity contribution in [2.24, 2.45) is 0 Å². The average Bonchev–Trinajstić information content (AvgIpc) is 2.34. The fourth-order valence-electron chi connectivity index (χ4n) is 1.34. The van der Waals surface area contributed by atoms with Gasteiger partial charge in [-0.3, -0.25) is 0 Å². The summed E-state index contributed by atoms with van der Waals surface area (Å²) in [6, 6.07) is 5.86. The Kier molecular flexibility index (Phi) is 3.09. The molecule has 0 unspecified atom stereocenters. The number of rotatable bonds is 3. The second-order valence-electron chi connectivity index (χ2n) is 3.56. The lowest BCUT2D eigenvalue weighted by molar-refractivity contribution is 0.368. The molecule has 5 nitrogen and oxygen atoms in total. The number of hydrogen-bond donors (Lipinski definition) is 1. The maximum Gasteiger partial charge on any atom is 0.322 e. The number of nitrogen functional groups attached to an aromatic ring is 1. The van der Waals surface area contributed by atoms with Gasteiger partial charge in [0.15, 0.2) is 11.5 Å². The molecule has 0 saturated heterocycles. The number of nitrogens with two attached hydrogens (primary N) is 1. The van der Waals surface area contributed by atoms with Gasteiger partial charge in [-0.1, -0.05) is 6.07 Å². The van der Waals surface area contributed by atoms with E-state index in [0.717, 1.165) is 5.56 Å². The van der Waals surface area contributed by atoms with E-state index in [1.807, 2.05) is 25.1 Å². The fourth-order valence-corrected chi connectivity index (χ4v) is 1.34. The van der Waals surface area contributed by atoms with E-state index < -0.39 is 0 Å². The van der Waals surface area contributed by atoms with Gasteiger partial charge in [-0.25, -0.2) is 9.97 Å². The number of nitrogens with zero attached hydrogens (tertiary/aromatic N) is 2. The summed E-state index contributed by atoms with van der Waals surface area (Å²) in [6.07, 6.45) is 2.98. The minimum absolute atomic E-state index is 0.237. The summed E-state index contributed by atoms with van der Waals surface area (Å²) in [5.41, 5.74) is 7.07. The molecule has 0 aliphatic heterocycles. The first-order valence-electron chi connectivity index (χ1n) is 5.09. The zero-order chi connectivity index (χ0) is 12.3. The van der Waals surface area contributed by atoms with Crippen molar-refractivity contribution in [3.8, 4) is 17.5 Å². The van der Waals surface area contributed by atoms with E-state index in [1.165, 1.54) is 12.4 Å². The van der Waals surface area contributed by atoms with E-state index in [1.54, 1.807) is 7.11 Å². The molecule has 0 aliphatic rings. The first-order chi connectivity index (χ1) is 8.19. The lowest BCUT2D eigenvalue weighted by atomic mass is 10.2. The summed E-state index contributed by atoms with van der Waals surface area (Å²) in [5.74, 6) is 1.22. The molecule has 1 aromatic carbocycles. The summed E-state index contributed by atoms with van der Waals surface area (Å²) in [7, 11) is 1.59. The van der Waals surface area contributed by atoms with Crippen LogP contribution in [0.4, 0.5) is 5.69 Å². The number of anilines is 1. The number of aromatic nitrogens is 2. The molecule has 0 amide bonds. The highest BCUT2D eigenvalue weighted by Gasteiger charge is 2.07. The van der Waals surface area contributed by atoms with Gasteiger partial charge in [0.2, 0.25) is 0 Å². The largest absolute Gasteiger partial charge is 0.493 e. The number of aryl methyl sites for hydroxylation is 1. The third-order valence-corrected chi connectivity index (χ3v) is 2.17. The molecular formula is C12H13N3O2. The zero-order valence-corrected chi connectivity index (χ0v) is 9.68. The molecule has 0 radical (unpaired) electrons. The molecule has 5 heteroatoms. The first-order valence-corrected chi connectivity index (χ1v) is 5.09. The normalized spacial score (nSPS) is 10.0. The van der Waals surface area contributed by atoms with Gasteiger partial charge in [-0.05, 0) is 24.6 Å². The van der Waals surface area contributed by atoms with Gasteiger partial charge in [0.25, 0.3) is 0 Å². The Labute approximate surface area is 99.2 Å². The van der Waals surface area contributed by atoms with Gasteiger partial charge in [-0.15, -0.1) is 0 Å². The SMILES string of the molecule is COc1cc(C)ccc1Oc1ncc(N)cn1. The van der Waals surface area contributed by atoms with Crippen LogP contribution in [0.5, 0.6) is 17.5 Å². The Balaban J connectivity index is 2.26. The maximum absolute atomic E-state index is 5.51. The highest BCUT2D eigenvalue weighted by molar-refractivity contribution is 5.44. The van der Waals surface area contributed by atoms with Gasteiger partial charge in [0, 0.05) is 0 Å². The molecule has 88 valence electrons. The van der Waals surface area contributed by atoms with Gasteiger partial charge < -0.3 is 15.2 Å². The highest BCUT2D eigenvalue weighted by atomic mass is 16.5. The van der Waals surface area contributed by atoms with Crippen LogP contribution in [0.1, 0.15) is 5.56 Å². The summed E-state index contributed by atoms with van der Waals surface area (Å²) < 4.78 is 10.7. The summed E-state index contributed by atoms with van der Waals surface area (Å²) in [4.78, 5) is 7.92. The van der Waals surface area contributed by atoms with Crippen molar-refractivity contribution in [1.29, 1.82) is 0 Å². The molecule has 2 rings (SSSR count). The van der Waals surface area contributed by atoms with E-state index in [-0.39, 0.29) is 6.01 Å². The predicted molar refractivity (Wildman–Crippen MR) is 64.2 cm³/mol. The molecular weight excluding hydrogens is 218 g/mol. The molecule has 0 spiro atoms. The average molecular weight is 231 g/mol. The molecule has 17 heavy (non-hydrogen) atoms. The van der Waals surface area contributed by atoms with Crippen molar-refractivity contribution in [3.63, 3.8) is 0 Å². The van der Waals surface area contributed by atoms with Gasteiger partial charge in [0.05, 0.1) is 25.2 Å². The third kappa shape index (κ3) is 2.63. The maximum atomic E-state index is 5.51. The van der Waals surface area contributed by atoms with Crippen LogP contribution in [0.15, 0.2) is 30.6 Å². The van der Waals surface area contributed by atoms with Crippen LogP contribution in [0, 0.1) is 6.92 Å². The Hall–Kier alpha value is -2.30. The lowest BCUT2D eigenvalue weighted by Gasteiger charge is -2.09. The molecule has 0 aliphatic carbocycles. The minimum atomic E-state index is 0.237. The quantitative estimate of drug-likeness (QED) is 0.876. The summed E-state index contributed by atoms with van der Waals surface area (Å²) >= 11 is 0. The van der Waals surface area contributed by atoms with Gasteiger partial charge >= 0.3 is 6.01 Å². The predicted octanol–water partition coefficient (Wildman–Crippen LogP) is 2.17. The van der Waals surface area contributed by atoms with Crippen LogP contribution in [0.25, 0.3) is 0 Å². The number of ether oxygens (including phenoxy) is 2. The van der Waals surface area contributed by atoms with Gasteiger partial charge in [0.1, 0.15) is 0 Å². The van der Waals surface area contributed by atoms with Crippen molar-refractivity contribution in [3.05, 3.63) is 36.2 Å². The topological polar surface area (TPSA) is 70.3 Å². The molecule has 1 aromatic heterocycles. The van der Waals surface area contributed by atoms with E-state index in [2.05, 4.69) is 9.97 Å². The highest BCUT2D eigenvalue weighted by Crippen LogP contribution is 2.30. The third-order valence-electron chi connectivity index (χ3n) is 2.17. The number of benzene rings is 1. The van der Waals surface area contributed by atoms with E-state index in [0.29, 0.717) is 17.2 Å². The Morgan fingerprint density at radius 1 is 1.12 bits per heavy atom. The minimum Gasteiger partial charge on any atom is -0.493 e. The van der Waals surface area contributed by atoms with Crippen LogP contribution in [-0.4, -0.2) is 17.1 Å². The smallest absolute Gasteiger partial charge is 0.322 e. The first kappa shape index (κ1) is 11.2. The van der Waals surface area contributed by atoms with Crippen molar-refractivity contribution < 1.29 is 9.47 Å². The van der Waals surface area contributed by atoms with Crippen molar-refractivity contribution >= 4 is 5.69 Å². The van der Waals surface area contributed by atoms with Crippen LogP contribution in [0.2, 0.25) is 0 Å². The molecule has 0 saturated carbocycles. The summed E-state index contributed by atoms with van der Waals surface area (Å²) in [5, 5.41) is 0. The van der Waals surface area contributed by atoms with Crippen LogP contribution >= 0.6 is 0 Å². The number of methoxy groups -OCH3 is 1. The van der Waals surface area contributed by atoms with Crippen molar-refractivity contribution in [1.82, 2.24) is 9.97 Å². The van der Waals surface area contributed by atoms with E-state index in [4.69, 9.17) is 15.2 Å². The monoisotopic (exact) mass is 231 g/mol. The van der Waals surface area contributed by atoms with Gasteiger partial charge in [-0.2, -0.15) is 0 Å². The molecule has 0 fully saturated rings.